The lowest BCUT2D eigenvalue weighted by atomic mass is 9.33. The van der Waals surface area contributed by atoms with Crippen LogP contribution in [0, 0.1) is 6.92 Å². The molecule has 422 valence electrons. The Morgan fingerprint density at radius 2 is 0.774 bits per heavy atom. The van der Waals surface area contributed by atoms with E-state index in [9.17, 15) is 0 Å². The highest BCUT2D eigenvalue weighted by atomic mass is 15.2. The van der Waals surface area contributed by atoms with Crippen LogP contribution in [0.5, 0.6) is 0 Å². The van der Waals surface area contributed by atoms with Gasteiger partial charge in [-0.2, -0.15) is 0 Å². The average Bonchev–Trinajstić information content (AvgIpc) is 0.861. The molecule has 0 atom stereocenters. The summed E-state index contributed by atoms with van der Waals surface area (Å²) in [4.78, 5) is 8.01. The SMILES string of the molecule is Cc1cc2c(cc1N1c3cc4c(cc3B3c5cc6c(cc5N(c5ccc(C(C)(C)c7ccccc7)cc5-c5ccccc5)c5cc(N(c7ccccc7)c7ccccc7)cc1c53)C(C)(C)CCC6(C)C)C(C)(C)CC4(C)C)C(C)(C)CC2(C)C. The van der Waals surface area contributed by atoms with Gasteiger partial charge in [-0.05, 0) is 204 Å². The van der Waals surface area contributed by atoms with Gasteiger partial charge >= 0.3 is 0 Å². The first kappa shape index (κ1) is 54.4. The van der Waals surface area contributed by atoms with E-state index in [4.69, 9.17) is 0 Å². The van der Waals surface area contributed by atoms with Gasteiger partial charge in [0, 0.05) is 50.8 Å². The third-order valence-electron chi connectivity index (χ3n) is 21.2. The fourth-order valence-electron chi connectivity index (χ4n) is 17.1. The molecule has 0 bridgehead atoms. The molecule has 2 heterocycles. The number of fused-ring (bicyclic) bond motifs is 7. The van der Waals surface area contributed by atoms with E-state index >= 15 is 0 Å². The molecule has 84 heavy (non-hydrogen) atoms. The molecular weight excluding hydrogens is 1010 g/mol. The summed E-state index contributed by atoms with van der Waals surface area (Å²) in [6, 6.07) is 73.1. The van der Waals surface area contributed by atoms with E-state index in [1.807, 2.05) is 0 Å². The highest BCUT2D eigenvalue weighted by Crippen LogP contribution is 2.58. The van der Waals surface area contributed by atoms with Crippen molar-refractivity contribution in [1.29, 1.82) is 0 Å². The molecule has 0 radical (unpaired) electrons. The zero-order chi connectivity index (χ0) is 58.8. The van der Waals surface area contributed by atoms with Gasteiger partial charge in [0.05, 0.1) is 11.4 Å². The van der Waals surface area contributed by atoms with Gasteiger partial charge in [-0.1, -0.05) is 218 Å². The van der Waals surface area contributed by atoms with Crippen LogP contribution in [-0.2, 0) is 37.9 Å². The molecule has 0 fully saturated rings. The number of benzene rings is 9. The van der Waals surface area contributed by atoms with Gasteiger partial charge in [-0.3, -0.25) is 0 Å². The molecule has 3 aliphatic carbocycles. The van der Waals surface area contributed by atoms with Crippen LogP contribution in [0.3, 0.4) is 0 Å². The zero-order valence-electron chi connectivity index (χ0n) is 52.6. The lowest BCUT2D eigenvalue weighted by Gasteiger charge is -2.48. The first-order chi connectivity index (χ1) is 39.8. The standard InChI is InChI=1S/C80H84BN3/c1-51-40-59-63(78(10,11)49-76(59,6)7)46-68(51)84-70-48-64-61(77(8,9)50-79(64,12)13)45-66(70)81-65-44-60-62(75(4,5)39-38-74(60,2)3)47-69(65)83(67-37-36-54(41-58(67)52-28-20-16-21-29-52)80(14,15)53-30-22-17-23-31-53)71-42-57(43-72(84)73(71)81)82(55-32-24-18-25-33-55)56-34-26-19-27-35-56/h16-37,40-48H,38-39,49-50H2,1-15H3. The molecule has 4 heteroatoms. The minimum atomic E-state index is -0.266. The summed E-state index contributed by atoms with van der Waals surface area (Å²) in [6.45, 7) is 37.0. The van der Waals surface area contributed by atoms with Crippen LogP contribution in [0.25, 0.3) is 11.1 Å². The molecule has 0 spiro atoms. The van der Waals surface area contributed by atoms with Crippen LogP contribution in [0.2, 0.25) is 0 Å². The monoisotopic (exact) mass is 1100 g/mol. The normalized spacial score (nSPS) is 18.5. The molecule has 0 saturated carbocycles. The van der Waals surface area contributed by atoms with Crippen molar-refractivity contribution in [3.63, 3.8) is 0 Å². The van der Waals surface area contributed by atoms with E-state index in [-0.39, 0.29) is 44.6 Å². The Morgan fingerprint density at radius 3 is 1.27 bits per heavy atom. The molecule has 2 aliphatic heterocycles. The minimum absolute atomic E-state index is 0.00440. The van der Waals surface area contributed by atoms with E-state index in [1.54, 1.807) is 0 Å². The van der Waals surface area contributed by atoms with Crippen molar-refractivity contribution in [2.45, 2.75) is 167 Å². The van der Waals surface area contributed by atoms with Crippen LogP contribution in [-0.4, -0.2) is 6.71 Å². The van der Waals surface area contributed by atoms with Crippen molar-refractivity contribution in [3.8, 4) is 11.1 Å². The molecule has 9 aromatic carbocycles. The molecule has 0 amide bonds. The van der Waals surface area contributed by atoms with Crippen LogP contribution in [0.1, 0.15) is 173 Å². The number of para-hydroxylation sites is 2. The second-order valence-corrected chi connectivity index (χ2v) is 30.4. The van der Waals surface area contributed by atoms with E-state index in [0.717, 1.165) is 42.7 Å². The summed E-state index contributed by atoms with van der Waals surface area (Å²) >= 11 is 0. The Balaban J connectivity index is 1.17. The van der Waals surface area contributed by atoms with Gasteiger partial charge < -0.3 is 14.7 Å². The molecule has 5 aliphatic rings. The van der Waals surface area contributed by atoms with E-state index in [0.29, 0.717) is 0 Å². The number of anilines is 9. The van der Waals surface area contributed by atoms with Crippen LogP contribution in [0.15, 0.2) is 188 Å². The van der Waals surface area contributed by atoms with Gasteiger partial charge in [-0.25, -0.2) is 0 Å². The molecule has 0 aromatic heterocycles. The van der Waals surface area contributed by atoms with Gasteiger partial charge in [0.1, 0.15) is 0 Å². The van der Waals surface area contributed by atoms with Crippen molar-refractivity contribution in [2.24, 2.45) is 0 Å². The maximum atomic E-state index is 2.76. The predicted molar refractivity (Wildman–Crippen MR) is 361 cm³/mol. The summed E-state index contributed by atoms with van der Waals surface area (Å²) in [5.74, 6) is 0. The van der Waals surface area contributed by atoms with E-state index in [1.165, 1.54) is 112 Å². The quantitative estimate of drug-likeness (QED) is 0.140. The Bertz CT molecular complexity index is 4090. The lowest BCUT2D eigenvalue weighted by molar-refractivity contribution is 0.332. The number of hydrogen-bond acceptors (Lipinski definition) is 3. The lowest BCUT2D eigenvalue weighted by Crippen LogP contribution is -2.62. The van der Waals surface area contributed by atoms with Crippen molar-refractivity contribution < 1.29 is 0 Å². The summed E-state index contributed by atoms with van der Waals surface area (Å²) in [5.41, 5.74) is 29.9. The molecule has 9 aromatic rings. The Kier molecular flexibility index (Phi) is 12.0. The maximum Gasteiger partial charge on any atom is 0.252 e. The van der Waals surface area contributed by atoms with Crippen molar-refractivity contribution in [3.05, 3.63) is 238 Å². The summed E-state index contributed by atoms with van der Waals surface area (Å²) < 4.78 is 0. The third kappa shape index (κ3) is 8.26. The highest BCUT2D eigenvalue weighted by molar-refractivity contribution is 7.00. The maximum absolute atomic E-state index is 2.76. The molecular formula is C80H84BN3. The zero-order valence-corrected chi connectivity index (χ0v) is 52.6. The molecule has 0 N–H and O–H groups in total. The Hall–Kier alpha value is -7.56. The summed E-state index contributed by atoms with van der Waals surface area (Å²) in [6.07, 6.45) is 4.47. The predicted octanol–water partition coefficient (Wildman–Crippen LogP) is 19.8. The molecule has 3 nitrogen and oxygen atoms in total. The number of nitrogens with zero attached hydrogens (tertiary/aromatic N) is 3. The topological polar surface area (TPSA) is 9.72 Å². The van der Waals surface area contributed by atoms with Gasteiger partial charge in [0.25, 0.3) is 6.71 Å². The first-order valence-corrected chi connectivity index (χ1v) is 31.2. The minimum Gasteiger partial charge on any atom is -0.311 e. The van der Waals surface area contributed by atoms with Crippen molar-refractivity contribution in [1.82, 2.24) is 0 Å². The second-order valence-electron chi connectivity index (χ2n) is 30.4. The highest BCUT2D eigenvalue weighted by Gasteiger charge is 2.51. The molecule has 0 unspecified atom stereocenters. The van der Waals surface area contributed by atoms with Crippen LogP contribution in [0.4, 0.5) is 51.2 Å². The van der Waals surface area contributed by atoms with E-state index in [2.05, 4.69) is 307 Å². The van der Waals surface area contributed by atoms with Crippen LogP contribution >= 0.6 is 0 Å². The fraction of sp³-hybridized carbons (Fsp3) is 0.325. The third-order valence-corrected chi connectivity index (χ3v) is 21.2. The number of hydrogen-bond donors (Lipinski definition) is 0. The van der Waals surface area contributed by atoms with Gasteiger partial charge in [0.2, 0.25) is 0 Å². The summed E-state index contributed by atoms with van der Waals surface area (Å²) in [5, 5.41) is 0. The fourth-order valence-corrected chi connectivity index (χ4v) is 17.1. The molecule has 0 saturated heterocycles. The van der Waals surface area contributed by atoms with Crippen molar-refractivity contribution >= 4 is 74.3 Å². The largest absolute Gasteiger partial charge is 0.311 e. The van der Waals surface area contributed by atoms with Gasteiger partial charge in [0.15, 0.2) is 0 Å². The van der Waals surface area contributed by atoms with Crippen LogP contribution < -0.4 is 31.1 Å². The second kappa shape index (κ2) is 18.5. The van der Waals surface area contributed by atoms with Gasteiger partial charge in [-0.15, -0.1) is 0 Å². The Morgan fingerprint density at radius 1 is 0.369 bits per heavy atom. The number of rotatable bonds is 8. The number of aryl methyl sites for hydroxylation is 1. The molecule has 14 rings (SSSR count). The summed E-state index contributed by atoms with van der Waals surface area (Å²) in [7, 11) is 0. The van der Waals surface area contributed by atoms with Crippen molar-refractivity contribution in [2.75, 3.05) is 14.7 Å². The smallest absolute Gasteiger partial charge is 0.252 e. The first-order valence-electron chi connectivity index (χ1n) is 31.2. The average molecular weight is 1100 g/mol. The van der Waals surface area contributed by atoms with E-state index < -0.39 is 0 Å². The Labute approximate surface area is 502 Å².